The standard InChI is InChI=1S/C18H37NO/c1-17(2)20-16-12-15-19-18-13-10-8-6-4-3-5-7-9-11-14-18/h17-19H,3-16H2,1-2H3. The Morgan fingerprint density at radius 2 is 1.35 bits per heavy atom. The zero-order valence-corrected chi connectivity index (χ0v) is 14.0. The molecule has 0 heterocycles. The van der Waals surface area contributed by atoms with Crippen molar-refractivity contribution in [3.05, 3.63) is 0 Å². The molecule has 0 saturated heterocycles. The van der Waals surface area contributed by atoms with E-state index >= 15 is 0 Å². The van der Waals surface area contributed by atoms with Gasteiger partial charge in [0.1, 0.15) is 0 Å². The lowest BCUT2D eigenvalue weighted by molar-refractivity contribution is 0.0766. The molecule has 0 aliphatic heterocycles. The maximum absolute atomic E-state index is 5.60. The third-order valence-electron chi connectivity index (χ3n) is 4.31. The number of rotatable bonds is 6. The van der Waals surface area contributed by atoms with Crippen LogP contribution >= 0.6 is 0 Å². The minimum absolute atomic E-state index is 0.372. The third kappa shape index (κ3) is 10.7. The summed E-state index contributed by atoms with van der Waals surface area (Å²) in [6.45, 7) is 6.25. The first-order chi connectivity index (χ1) is 9.79. The Morgan fingerprint density at radius 1 is 0.850 bits per heavy atom. The maximum atomic E-state index is 5.60. The molecule has 0 atom stereocenters. The highest BCUT2D eigenvalue weighted by atomic mass is 16.5. The van der Waals surface area contributed by atoms with Crippen LogP contribution in [-0.4, -0.2) is 25.3 Å². The molecule has 0 amide bonds. The van der Waals surface area contributed by atoms with E-state index in [1.807, 2.05) is 0 Å². The second-order valence-corrected chi connectivity index (χ2v) is 6.68. The van der Waals surface area contributed by atoms with Gasteiger partial charge in [-0.2, -0.15) is 0 Å². The summed E-state index contributed by atoms with van der Waals surface area (Å²) in [5, 5.41) is 3.77. The summed E-state index contributed by atoms with van der Waals surface area (Å²) >= 11 is 0. The predicted molar refractivity (Wildman–Crippen MR) is 88.3 cm³/mol. The number of hydrogen-bond donors (Lipinski definition) is 1. The van der Waals surface area contributed by atoms with Gasteiger partial charge in [0, 0.05) is 12.6 Å². The van der Waals surface area contributed by atoms with Crippen molar-refractivity contribution in [2.24, 2.45) is 0 Å². The highest BCUT2D eigenvalue weighted by molar-refractivity contribution is 4.68. The Morgan fingerprint density at radius 3 is 1.85 bits per heavy atom. The highest BCUT2D eigenvalue weighted by Crippen LogP contribution is 2.16. The Balaban J connectivity index is 2.11. The highest BCUT2D eigenvalue weighted by Gasteiger charge is 2.08. The van der Waals surface area contributed by atoms with E-state index in [0.29, 0.717) is 6.10 Å². The quantitative estimate of drug-likeness (QED) is 0.688. The Kier molecular flexibility index (Phi) is 11.4. The lowest BCUT2D eigenvalue weighted by atomic mass is 9.98. The van der Waals surface area contributed by atoms with Gasteiger partial charge < -0.3 is 10.1 Å². The summed E-state index contributed by atoms with van der Waals surface area (Å²) in [5.41, 5.74) is 0. The number of ether oxygens (including phenoxy) is 1. The largest absolute Gasteiger partial charge is 0.379 e. The lowest BCUT2D eigenvalue weighted by Crippen LogP contribution is -2.30. The fourth-order valence-corrected chi connectivity index (χ4v) is 3.06. The molecule has 1 aliphatic carbocycles. The van der Waals surface area contributed by atoms with Gasteiger partial charge in [-0.1, -0.05) is 57.8 Å². The second kappa shape index (κ2) is 12.6. The van der Waals surface area contributed by atoms with Crippen LogP contribution in [0.3, 0.4) is 0 Å². The van der Waals surface area contributed by atoms with Crippen molar-refractivity contribution in [3.63, 3.8) is 0 Å². The normalized spacial score (nSPS) is 20.6. The molecule has 1 fully saturated rings. The summed E-state index contributed by atoms with van der Waals surface area (Å²) in [4.78, 5) is 0. The Bertz CT molecular complexity index is 194. The van der Waals surface area contributed by atoms with Crippen molar-refractivity contribution in [1.82, 2.24) is 5.32 Å². The van der Waals surface area contributed by atoms with Gasteiger partial charge in [-0.05, 0) is 39.7 Å². The average molecular weight is 284 g/mol. The van der Waals surface area contributed by atoms with Crippen LogP contribution in [0.5, 0.6) is 0 Å². The van der Waals surface area contributed by atoms with Crippen molar-refractivity contribution in [3.8, 4) is 0 Å². The molecule has 2 nitrogen and oxygen atoms in total. The van der Waals surface area contributed by atoms with E-state index in [1.54, 1.807) is 0 Å². The van der Waals surface area contributed by atoms with Crippen molar-refractivity contribution in [1.29, 1.82) is 0 Å². The van der Waals surface area contributed by atoms with Gasteiger partial charge in [0.2, 0.25) is 0 Å². The van der Waals surface area contributed by atoms with Crippen LogP contribution in [0.15, 0.2) is 0 Å². The third-order valence-corrected chi connectivity index (χ3v) is 4.31. The van der Waals surface area contributed by atoms with Crippen LogP contribution in [0.25, 0.3) is 0 Å². The first-order valence-corrected chi connectivity index (χ1v) is 9.14. The van der Waals surface area contributed by atoms with Crippen LogP contribution in [-0.2, 0) is 4.74 Å². The fraction of sp³-hybridized carbons (Fsp3) is 1.00. The van der Waals surface area contributed by atoms with Crippen molar-refractivity contribution in [2.75, 3.05) is 13.2 Å². The molecule has 0 unspecified atom stereocenters. The van der Waals surface area contributed by atoms with E-state index in [2.05, 4.69) is 19.2 Å². The van der Waals surface area contributed by atoms with Gasteiger partial charge in [0.05, 0.1) is 6.10 Å². The fourth-order valence-electron chi connectivity index (χ4n) is 3.06. The first kappa shape index (κ1) is 18.0. The molecule has 0 aromatic rings. The Labute approximate surface area is 127 Å². The van der Waals surface area contributed by atoms with Gasteiger partial charge in [0.15, 0.2) is 0 Å². The minimum atomic E-state index is 0.372. The van der Waals surface area contributed by atoms with Gasteiger partial charge in [0.25, 0.3) is 0 Å². The molecule has 1 rings (SSSR count). The molecular weight excluding hydrogens is 246 g/mol. The number of nitrogens with one attached hydrogen (secondary N) is 1. The van der Waals surface area contributed by atoms with E-state index < -0.39 is 0 Å². The molecule has 0 spiro atoms. The van der Waals surface area contributed by atoms with Gasteiger partial charge in [-0.25, -0.2) is 0 Å². The smallest absolute Gasteiger partial charge is 0.0518 e. The van der Waals surface area contributed by atoms with E-state index in [0.717, 1.165) is 25.6 Å². The average Bonchev–Trinajstić information content (AvgIpc) is 2.40. The van der Waals surface area contributed by atoms with Crippen molar-refractivity contribution >= 4 is 0 Å². The molecule has 20 heavy (non-hydrogen) atoms. The van der Waals surface area contributed by atoms with Gasteiger partial charge >= 0.3 is 0 Å². The Hall–Kier alpha value is -0.0800. The summed E-state index contributed by atoms with van der Waals surface area (Å²) in [5.74, 6) is 0. The number of hydrogen-bond acceptors (Lipinski definition) is 2. The van der Waals surface area contributed by atoms with Crippen LogP contribution in [0.2, 0.25) is 0 Å². The summed E-state index contributed by atoms with van der Waals surface area (Å²) in [7, 11) is 0. The van der Waals surface area contributed by atoms with Crippen LogP contribution in [0.4, 0.5) is 0 Å². The zero-order valence-electron chi connectivity index (χ0n) is 14.0. The molecule has 1 aliphatic rings. The summed E-state index contributed by atoms with van der Waals surface area (Å²) in [6, 6.07) is 0.758. The maximum Gasteiger partial charge on any atom is 0.0518 e. The molecule has 0 bridgehead atoms. The monoisotopic (exact) mass is 283 g/mol. The lowest BCUT2D eigenvalue weighted by Gasteiger charge is -2.19. The minimum Gasteiger partial charge on any atom is -0.379 e. The molecule has 2 heteroatoms. The van der Waals surface area contributed by atoms with Crippen LogP contribution in [0.1, 0.15) is 90.9 Å². The van der Waals surface area contributed by atoms with Crippen LogP contribution in [0, 0.1) is 0 Å². The zero-order chi connectivity index (χ0) is 14.5. The molecule has 1 saturated carbocycles. The summed E-state index contributed by atoms with van der Waals surface area (Å²) < 4.78 is 5.60. The summed E-state index contributed by atoms with van der Waals surface area (Å²) in [6.07, 6.45) is 17.3. The first-order valence-electron chi connectivity index (χ1n) is 9.14. The predicted octanol–water partition coefficient (Wildman–Crippen LogP) is 5.06. The molecule has 0 aromatic heterocycles. The molecule has 120 valence electrons. The van der Waals surface area contributed by atoms with E-state index in [4.69, 9.17) is 4.74 Å². The van der Waals surface area contributed by atoms with Crippen LogP contribution < -0.4 is 5.32 Å². The second-order valence-electron chi connectivity index (χ2n) is 6.68. The molecule has 0 radical (unpaired) electrons. The van der Waals surface area contributed by atoms with E-state index in [9.17, 15) is 0 Å². The SMILES string of the molecule is CC(C)OCCCNC1CCCCCCCCCCC1. The van der Waals surface area contributed by atoms with E-state index in [-0.39, 0.29) is 0 Å². The molecule has 1 N–H and O–H groups in total. The van der Waals surface area contributed by atoms with Crippen molar-refractivity contribution < 1.29 is 4.74 Å². The molecular formula is C18H37NO. The van der Waals surface area contributed by atoms with Crippen molar-refractivity contribution in [2.45, 2.75) is 103 Å². The topological polar surface area (TPSA) is 21.3 Å². The molecule has 0 aromatic carbocycles. The van der Waals surface area contributed by atoms with Gasteiger partial charge in [-0.3, -0.25) is 0 Å². The van der Waals surface area contributed by atoms with Gasteiger partial charge in [-0.15, -0.1) is 0 Å². The van der Waals surface area contributed by atoms with E-state index in [1.165, 1.54) is 70.6 Å².